The molecule has 0 aliphatic carbocycles. The van der Waals surface area contributed by atoms with E-state index in [9.17, 15) is 17.9 Å². The van der Waals surface area contributed by atoms with Crippen LogP contribution in [0.1, 0.15) is 18.6 Å². The fraction of sp³-hybridized carbons (Fsp3) is 0.143. The van der Waals surface area contributed by atoms with Gasteiger partial charge in [-0.15, -0.1) is 0 Å². The molecule has 112 valence electrons. The fourth-order valence-corrected chi connectivity index (χ4v) is 3.25. The van der Waals surface area contributed by atoms with Crippen LogP contribution in [0.3, 0.4) is 0 Å². The van der Waals surface area contributed by atoms with E-state index in [2.05, 4.69) is 20.7 Å². The molecule has 7 heteroatoms. The maximum absolute atomic E-state index is 13.2. The molecule has 1 unspecified atom stereocenters. The van der Waals surface area contributed by atoms with Crippen molar-refractivity contribution in [2.45, 2.75) is 17.9 Å². The summed E-state index contributed by atoms with van der Waals surface area (Å²) in [4.78, 5) is 0.0306. The number of aliphatic hydroxyl groups excluding tert-OH is 1. The normalized spacial score (nSPS) is 13.0. The number of sulfonamides is 1. The number of halogens is 2. The number of nitrogens with one attached hydrogen (secondary N) is 1. The van der Waals surface area contributed by atoms with E-state index in [0.717, 1.165) is 6.07 Å². The van der Waals surface area contributed by atoms with E-state index in [1.54, 1.807) is 6.92 Å². The highest BCUT2D eigenvalue weighted by molar-refractivity contribution is 9.10. The van der Waals surface area contributed by atoms with Crippen molar-refractivity contribution in [1.29, 1.82) is 0 Å². The molecule has 2 aromatic carbocycles. The Morgan fingerprint density at radius 3 is 2.38 bits per heavy atom. The number of hydrogen-bond acceptors (Lipinski definition) is 3. The predicted octanol–water partition coefficient (Wildman–Crippen LogP) is 3.44. The first kappa shape index (κ1) is 15.9. The van der Waals surface area contributed by atoms with Crippen LogP contribution in [0.5, 0.6) is 0 Å². The molecule has 0 aromatic heterocycles. The molecule has 0 aliphatic rings. The Bertz CT molecular complexity index is 745. The largest absolute Gasteiger partial charge is 0.389 e. The van der Waals surface area contributed by atoms with Gasteiger partial charge in [-0.3, -0.25) is 4.72 Å². The summed E-state index contributed by atoms with van der Waals surface area (Å²) >= 11 is 3.16. The van der Waals surface area contributed by atoms with Gasteiger partial charge in [-0.25, -0.2) is 12.8 Å². The van der Waals surface area contributed by atoms with Crippen molar-refractivity contribution in [3.8, 4) is 0 Å². The number of benzene rings is 2. The monoisotopic (exact) mass is 373 g/mol. The van der Waals surface area contributed by atoms with Gasteiger partial charge in [0.2, 0.25) is 0 Å². The number of anilines is 1. The van der Waals surface area contributed by atoms with E-state index in [-0.39, 0.29) is 10.6 Å². The lowest BCUT2D eigenvalue weighted by Crippen LogP contribution is -2.13. The number of aliphatic hydroxyl groups is 1. The van der Waals surface area contributed by atoms with E-state index < -0.39 is 21.9 Å². The summed E-state index contributed by atoms with van der Waals surface area (Å²) < 4.78 is 40.4. The molecule has 0 aliphatic heterocycles. The van der Waals surface area contributed by atoms with E-state index in [1.807, 2.05) is 0 Å². The van der Waals surface area contributed by atoms with Gasteiger partial charge in [-0.2, -0.15) is 0 Å². The minimum atomic E-state index is -3.82. The molecule has 0 bridgehead atoms. The summed E-state index contributed by atoms with van der Waals surface area (Å²) in [5.74, 6) is -0.541. The Hall–Kier alpha value is -1.44. The molecule has 0 saturated carbocycles. The molecule has 0 radical (unpaired) electrons. The van der Waals surface area contributed by atoms with Crippen molar-refractivity contribution in [1.82, 2.24) is 0 Å². The Morgan fingerprint density at radius 2 is 1.81 bits per heavy atom. The lowest BCUT2D eigenvalue weighted by molar-refractivity contribution is 0.199. The maximum Gasteiger partial charge on any atom is 0.261 e. The predicted molar refractivity (Wildman–Crippen MR) is 82.0 cm³/mol. The molecule has 0 heterocycles. The van der Waals surface area contributed by atoms with Crippen LogP contribution >= 0.6 is 15.9 Å². The summed E-state index contributed by atoms with van der Waals surface area (Å²) in [6.45, 7) is 1.59. The first-order chi connectivity index (χ1) is 9.79. The second kappa shape index (κ2) is 6.13. The third kappa shape index (κ3) is 3.81. The summed E-state index contributed by atoms with van der Waals surface area (Å²) in [6.07, 6.45) is -0.674. The van der Waals surface area contributed by atoms with Gasteiger partial charge in [0.15, 0.2) is 0 Å². The molecule has 2 rings (SSSR count). The Balaban J connectivity index is 2.31. The molecule has 0 saturated heterocycles. The van der Waals surface area contributed by atoms with Crippen LogP contribution in [0.4, 0.5) is 10.1 Å². The first-order valence-corrected chi connectivity index (χ1v) is 8.33. The average molecular weight is 374 g/mol. The molecule has 21 heavy (non-hydrogen) atoms. The Labute approximate surface area is 130 Å². The number of rotatable bonds is 4. The Kier molecular flexibility index (Phi) is 4.65. The van der Waals surface area contributed by atoms with Crippen molar-refractivity contribution < 1.29 is 17.9 Å². The van der Waals surface area contributed by atoms with E-state index in [1.165, 1.54) is 36.4 Å². The van der Waals surface area contributed by atoms with Gasteiger partial charge >= 0.3 is 0 Å². The minimum absolute atomic E-state index is 0.0306. The lowest BCUT2D eigenvalue weighted by atomic mass is 10.1. The third-order valence-corrected chi connectivity index (χ3v) is 4.92. The van der Waals surface area contributed by atoms with E-state index in [0.29, 0.717) is 10.0 Å². The zero-order chi connectivity index (χ0) is 15.6. The van der Waals surface area contributed by atoms with Gasteiger partial charge in [0.1, 0.15) is 5.82 Å². The Morgan fingerprint density at radius 1 is 1.19 bits per heavy atom. The van der Waals surface area contributed by atoms with Crippen LogP contribution in [0.25, 0.3) is 0 Å². The average Bonchev–Trinajstić information content (AvgIpc) is 2.43. The second-order valence-electron chi connectivity index (χ2n) is 4.47. The van der Waals surface area contributed by atoms with Crippen LogP contribution in [0.2, 0.25) is 0 Å². The minimum Gasteiger partial charge on any atom is -0.389 e. The number of hydrogen-bond donors (Lipinski definition) is 2. The quantitative estimate of drug-likeness (QED) is 0.862. The zero-order valence-corrected chi connectivity index (χ0v) is 13.4. The van der Waals surface area contributed by atoms with Gasteiger partial charge in [0, 0.05) is 4.47 Å². The SMILES string of the molecule is CC(O)c1ccc(S(=O)(=O)Nc2cc(F)ccc2Br)cc1. The van der Waals surface area contributed by atoms with Gasteiger partial charge in [-0.1, -0.05) is 12.1 Å². The van der Waals surface area contributed by atoms with Gasteiger partial charge in [-0.05, 0) is 58.7 Å². The summed E-state index contributed by atoms with van der Waals surface area (Å²) in [5, 5.41) is 9.41. The highest BCUT2D eigenvalue weighted by atomic mass is 79.9. The summed E-state index contributed by atoms with van der Waals surface area (Å²) in [5.41, 5.74) is 0.732. The van der Waals surface area contributed by atoms with Crippen molar-refractivity contribution in [3.63, 3.8) is 0 Å². The van der Waals surface area contributed by atoms with Gasteiger partial charge in [0.05, 0.1) is 16.7 Å². The molecule has 2 aromatic rings. The zero-order valence-electron chi connectivity index (χ0n) is 11.0. The van der Waals surface area contributed by atoms with Crippen molar-refractivity contribution in [2.75, 3.05) is 4.72 Å². The van der Waals surface area contributed by atoms with Crippen LogP contribution < -0.4 is 4.72 Å². The lowest BCUT2D eigenvalue weighted by Gasteiger charge is -2.11. The van der Waals surface area contributed by atoms with Crippen LogP contribution in [0.15, 0.2) is 51.8 Å². The third-order valence-electron chi connectivity index (χ3n) is 2.85. The van der Waals surface area contributed by atoms with Crippen LogP contribution in [-0.2, 0) is 10.0 Å². The highest BCUT2D eigenvalue weighted by Crippen LogP contribution is 2.26. The molecule has 2 N–H and O–H groups in total. The molecule has 1 atom stereocenters. The fourth-order valence-electron chi connectivity index (χ4n) is 1.70. The smallest absolute Gasteiger partial charge is 0.261 e. The van der Waals surface area contributed by atoms with Gasteiger partial charge in [0.25, 0.3) is 10.0 Å². The van der Waals surface area contributed by atoms with Crippen LogP contribution in [-0.4, -0.2) is 13.5 Å². The topological polar surface area (TPSA) is 66.4 Å². The maximum atomic E-state index is 13.2. The second-order valence-corrected chi connectivity index (χ2v) is 7.01. The highest BCUT2D eigenvalue weighted by Gasteiger charge is 2.16. The van der Waals surface area contributed by atoms with E-state index >= 15 is 0 Å². The molecule has 0 spiro atoms. The van der Waals surface area contributed by atoms with Crippen molar-refractivity contribution in [2.24, 2.45) is 0 Å². The summed E-state index contributed by atoms with van der Waals surface area (Å²) in [6, 6.07) is 9.56. The van der Waals surface area contributed by atoms with Gasteiger partial charge < -0.3 is 5.11 Å². The van der Waals surface area contributed by atoms with Crippen LogP contribution in [0, 0.1) is 5.82 Å². The molecule has 4 nitrogen and oxygen atoms in total. The molecule has 0 fully saturated rings. The van der Waals surface area contributed by atoms with Crippen molar-refractivity contribution >= 4 is 31.6 Å². The summed E-state index contributed by atoms with van der Waals surface area (Å²) in [7, 11) is -3.82. The molecular weight excluding hydrogens is 361 g/mol. The first-order valence-electron chi connectivity index (χ1n) is 6.05. The molecule has 0 amide bonds. The van der Waals surface area contributed by atoms with Crippen molar-refractivity contribution in [3.05, 3.63) is 58.3 Å². The van der Waals surface area contributed by atoms with E-state index in [4.69, 9.17) is 0 Å². The molecular formula is C14H13BrFNO3S. The standard InChI is InChI=1S/C14H13BrFNO3S/c1-9(18)10-2-5-12(6-3-10)21(19,20)17-14-8-11(16)4-7-13(14)15/h2-9,17-18H,1H3.